The van der Waals surface area contributed by atoms with Crippen molar-refractivity contribution in [3.63, 3.8) is 0 Å². The first-order chi connectivity index (χ1) is 9.05. The molecule has 0 saturated carbocycles. The zero-order valence-corrected chi connectivity index (χ0v) is 15.7. The number of nitrogens with one attached hydrogen (secondary N) is 1. The average Bonchev–Trinajstić information content (AvgIpc) is 2.32. The quantitative estimate of drug-likeness (QED) is 0.395. The molecule has 0 amide bonds. The SMILES string of the molecule is C=C(CC)/C(=C\C(S)=C/CCC)NC(C)(C)C(C)(C)S. The molecule has 0 aliphatic rings. The van der Waals surface area contributed by atoms with Crippen molar-refractivity contribution in [3.8, 4) is 0 Å². The highest BCUT2D eigenvalue weighted by Gasteiger charge is 2.34. The summed E-state index contributed by atoms with van der Waals surface area (Å²) >= 11 is 9.25. The molecule has 20 heavy (non-hydrogen) atoms. The third-order valence-electron chi connectivity index (χ3n) is 3.72. The number of unbranched alkanes of at least 4 members (excludes halogenated alkanes) is 1. The fourth-order valence-corrected chi connectivity index (χ4v) is 1.72. The zero-order chi connectivity index (χ0) is 16.0. The van der Waals surface area contributed by atoms with Crippen LogP contribution in [-0.4, -0.2) is 10.3 Å². The summed E-state index contributed by atoms with van der Waals surface area (Å²) in [5.74, 6) is 0. The fourth-order valence-electron chi connectivity index (χ4n) is 1.41. The topological polar surface area (TPSA) is 12.0 Å². The largest absolute Gasteiger partial charge is 0.379 e. The standard InChI is InChI=1S/C17H31NS2/c1-8-10-11-14(19)12-15(13(3)9-2)18-16(4,5)17(6,7)20/h11-12,18-20H,3,8-10H2,1-2,4-7H3/b14-11+,15-12+. The molecule has 0 aromatic carbocycles. The molecule has 1 N–H and O–H groups in total. The van der Waals surface area contributed by atoms with Crippen molar-refractivity contribution in [1.82, 2.24) is 5.32 Å². The van der Waals surface area contributed by atoms with E-state index < -0.39 is 0 Å². The van der Waals surface area contributed by atoms with E-state index in [9.17, 15) is 0 Å². The molecule has 0 aliphatic carbocycles. The number of hydrogen-bond donors (Lipinski definition) is 3. The van der Waals surface area contributed by atoms with E-state index in [4.69, 9.17) is 12.6 Å². The van der Waals surface area contributed by atoms with E-state index in [0.717, 1.165) is 35.4 Å². The lowest BCUT2D eigenvalue weighted by Crippen LogP contribution is -2.52. The second kappa shape index (κ2) is 8.23. The van der Waals surface area contributed by atoms with Crippen molar-refractivity contribution in [2.45, 2.75) is 71.1 Å². The molecule has 3 heteroatoms. The van der Waals surface area contributed by atoms with Crippen LogP contribution in [0.3, 0.4) is 0 Å². The van der Waals surface area contributed by atoms with Crippen LogP contribution in [0.25, 0.3) is 0 Å². The van der Waals surface area contributed by atoms with Gasteiger partial charge in [-0.1, -0.05) is 32.9 Å². The fraction of sp³-hybridized carbons (Fsp3) is 0.647. The van der Waals surface area contributed by atoms with Gasteiger partial charge in [0, 0.05) is 20.9 Å². The van der Waals surface area contributed by atoms with Crippen LogP contribution in [0.15, 0.2) is 34.9 Å². The van der Waals surface area contributed by atoms with Crippen molar-refractivity contribution in [2.75, 3.05) is 0 Å². The van der Waals surface area contributed by atoms with E-state index in [2.05, 4.69) is 78.2 Å². The summed E-state index contributed by atoms with van der Waals surface area (Å²) in [7, 11) is 0. The molecule has 0 aromatic heterocycles. The first-order valence-electron chi connectivity index (χ1n) is 7.34. The molecule has 0 aromatic rings. The van der Waals surface area contributed by atoms with Gasteiger partial charge >= 0.3 is 0 Å². The van der Waals surface area contributed by atoms with Crippen LogP contribution in [0, 0.1) is 0 Å². The molecule has 0 saturated heterocycles. The summed E-state index contributed by atoms with van der Waals surface area (Å²) in [6, 6.07) is 0. The predicted octanol–water partition coefficient (Wildman–Crippen LogP) is 5.53. The summed E-state index contributed by atoms with van der Waals surface area (Å²) < 4.78 is -0.149. The van der Waals surface area contributed by atoms with E-state index in [1.807, 2.05) is 0 Å². The van der Waals surface area contributed by atoms with Crippen LogP contribution in [0.4, 0.5) is 0 Å². The molecule has 0 atom stereocenters. The monoisotopic (exact) mass is 313 g/mol. The van der Waals surface area contributed by atoms with Crippen molar-refractivity contribution < 1.29 is 0 Å². The summed E-state index contributed by atoms with van der Waals surface area (Å²) in [5, 5.41) is 3.59. The van der Waals surface area contributed by atoms with Gasteiger partial charge in [-0.2, -0.15) is 12.6 Å². The normalized spacial score (nSPS) is 14.4. The number of thiol groups is 2. The Bertz CT molecular complexity index is 384. The molecule has 0 radical (unpaired) electrons. The highest BCUT2D eigenvalue weighted by Crippen LogP contribution is 2.30. The Labute approximate surface area is 136 Å². The van der Waals surface area contributed by atoms with Gasteiger partial charge in [-0.15, -0.1) is 12.6 Å². The minimum absolute atomic E-state index is 0.149. The highest BCUT2D eigenvalue weighted by atomic mass is 32.1. The van der Waals surface area contributed by atoms with Crippen LogP contribution in [0.1, 0.15) is 60.8 Å². The maximum Gasteiger partial charge on any atom is 0.0456 e. The molecule has 116 valence electrons. The molecule has 1 nitrogen and oxygen atoms in total. The maximum absolute atomic E-state index is 4.70. The summed E-state index contributed by atoms with van der Waals surface area (Å²) in [5.41, 5.74) is 1.99. The zero-order valence-electron chi connectivity index (χ0n) is 13.9. The molecular formula is C17H31NS2. The van der Waals surface area contributed by atoms with Gasteiger partial charge in [0.05, 0.1) is 0 Å². The van der Waals surface area contributed by atoms with Crippen molar-refractivity contribution in [1.29, 1.82) is 0 Å². The second-order valence-corrected chi connectivity index (χ2v) is 7.88. The van der Waals surface area contributed by atoms with E-state index in [1.165, 1.54) is 0 Å². The Balaban J connectivity index is 5.30. The van der Waals surface area contributed by atoms with Crippen molar-refractivity contribution >= 4 is 25.3 Å². The van der Waals surface area contributed by atoms with Crippen molar-refractivity contribution in [3.05, 3.63) is 34.9 Å². The molecule has 0 bridgehead atoms. The first kappa shape index (κ1) is 19.7. The average molecular weight is 314 g/mol. The van der Waals surface area contributed by atoms with Gasteiger partial charge in [0.15, 0.2) is 0 Å². The van der Waals surface area contributed by atoms with Gasteiger partial charge in [-0.25, -0.2) is 0 Å². The molecule has 0 fully saturated rings. The lowest BCUT2D eigenvalue weighted by molar-refractivity contribution is 0.349. The molecule has 0 aliphatic heterocycles. The number of allylic oxidation sites excluding steroid dienone is 3. The Morgan fingerprint density at radius 2 is 1.75 bits per heavy atom. The third kappa shape index (κ3) is 6.45. The highest BCUT2D eigenvalue weighted by molar-refractivity contribution is 7.84. The lowest BCUT2D eigenvalue weighted by atomic mass is 9.88. The molecule has 0 rings (SSSR count). The number of rotatable bonds is 8. The van der Waals surface area contributed by atoms with Crippen LogP contribution in [-0.2, 0) is 0 Å². The Morgan fingerprint density at radius 3 is 2.15 bits per heavy atom. The van der Waals surface area contributed by atoms with Gasteiger partial charge in [-0.3, -0.25) is 0 Å². The third-order valence-corrected chi connectivity index (χ3v) is 4.59. The first-order valence-corrected chi connectivity index (χ1v) is 8.24. The number of hydrogen-bond acceptors (Lipinski definition) is 3. The minimum atomic E-state index is -0.154. The smallest absolute Gasteiger partial charge is 0.0456 e. The lowest BCUT2D eigenvalue weighted by Gasteiger charge is -2.40. The van der Waals surface area contributed by atoms with Crippen molar-refractivity contribution in [2.24, 2.45) is 0 Å². The van der Waals surface area contributed by atoms with E-state index >= 15 is 0 Å². The van der Waals surface area contributed by atoms with Gasteiger partial charge in [-0.05, 0) is 52.2 Å². The Hall–Kier alpha value is -0.280. The van der Waals surface area contributed by atoms with E-state index in [0.29, 0.717) is 0 Å². The Kier molecular flexibility index (Phi) is 8.12. The van der Waals surface area contributed by atoms with E-state index in [-0.39, 0.29) is 10.3 Å². The van der Waals surface area contributed by atoms with Crippen LogP contribution in [0.2, 0.25) is 0 Å². The maximum atomic E-state index is 4.70. The van der Waals surface area contributed by atoms with Crippen LogP contribution >= 0.6 is 25.3 Å². The van der Waals surface area contributed by atoms with E-state index in [1.54, 1.807) is 0 Å². The molecule has 0 unspecified atom stereocenters. The Morgan fingerprint density at radius 1 is 1.20 bits per heavy atom. The summed E-state index contributed by atoms with van der Waals surface area (Å²) in [4.78, 5) is 0.983. The van der Waals surface area contributed by atoms with Crippen LogP contribution in [0.5, 0.6) is 0 Å². The molecule has 0 heterocycles. The second-order valence-electron chi connectivity index (χ2n) is 6.24. The molecule has 0 spiro atoms. The van der Waals surface area contributed by atoms with Gasteiger partial charge in [0.2, 0.25) is 0 Å². The van der Waals surface area contributed by atoms with Gasteiger partial charge < -0.3 is 5.32 Å². The summed E-state index contributed by atoms with van der Waals surface area (Å²) in [6.07, 6.45) is 7.31. The van der Waals surface area contributed by atoms with Gasteiger partial charge in [0.25, 0.3) is 0 Å². The predicted molar refractivity (Wildman–Crippen MR) is 99.8 cm³/mol. The minimum Gasteiger partial charge on any atom is -0.379 e. The van der Waals surface area contributed by atoms with Crippen LogP contribution < -0.4 is 5.32 Å². The summed E-state index contributed by atoms with van der Waals surface area (Å²) in [6.45, 7) is 17.0. The molecular weight excluding hydrogens is 282 g/mol. The van der Waals surface area contributed by atoms with Gasteiger partial charge in [0.1, 0.15) is 0 Å².